The highest BCUT2D eigenvalue weighted by molar-refractivity contribution is 6.69. The second kappa shape index (κ2) is 14.6. The van der Waals surface area contributed by atoms with Gasteiger partial charge in [0.25, 0.3) is 5.91 Å². The van der Waals surface area contributed by atoms with Crippen molar-refractivity contribution in [2.75, 3.05) is 25.1 Å². The maximum Gasteiger partial charge on any atom is 0.251 e. The Balaban J connectivity index is 1.23. The third kappa shape index (κ3) is 7.71. The monoisotopic (exact) mass is 702 g/mol. The highest BCUT2D eigenvalue weighted by Crippen LogP contribution is 2.45. The third-order valence-electron chi connectivity index (χ3n) is 9.91. The van der Waals surface area contributed by atoms with E-state index in [2.05, 4.69) is 39.4 Å². The summed E-state index contributed by atoms with van der Waals surface area (Å²) in [7, 11) is -0.747. The zero-order chi connectivity index (χ0) is 34.8. The number of anilines is 1. The van der Waals surface area contributed by atoms with Gasteiger partial charge >= 0.3 is 0 Å². The smallest absolute Gasteiger partial charge is 0.251 e. The summed E-state index contributed by atoms with van der Waals surface area (Å²) in [6.07, 6.45) is 4.45. The maximum atomic E-state index is 13.6. The molecule has 2 heterocycles. The van der Waals surface area contributed by atoms with Crippen LogP contribution in [0.5, 0.6) is 5.75 Å². The van der Waals surface area contributed by atoms with Gasteiger partial charge in [-0.3, -0.25) is 14.6 Å². The van der Waals surface area contributed by atoms with Crippen LogP contribution in [0.2, 0.25) is 18.1 Å². The van der Waals surface area contributed by atoms with Gasteiger partial charge in [0.15, 0.2) is 8.32 Å². The van der Waals surface area contributed by atoms with E-state index in [1.165, 1.54) is 12.8 Å². The summed E-state index contributed by atoms with van der Waals surface area (Å²) in [5.41, 5.74) is 11.8. The molecule has 0 bridgehead atoms. The van der Waals surface area contributed by atoms with Gasteiger partial charge in [0.05, 0.1) is 25.3 Å². The zero-order valence-electron chi connectivity index (χ0n) is 28.7. The molecule has 3 unspecified atom stereocenters. The number of fused-ring (bicyclic) bond motifs is 3. The molecule has 1 saturated heterocycles. The molecule has 260 valence electrons. The predicted octanol–water partition coefficient (Wildman–Crippen LogP) is 4.93. The fourth-order valence-electron chi connectivity index (χ4n) is 7.53. The molecule has 1 saturated carbocycles. The van der Waals surface area contributed by atoms with Crippen molar-refractivity contribution in [3.63, 3.8) is 0 Å². The number of aliphatic imine (C=N–C) groups is 1. The first-order valence-electron chi connectivity index (χ1n) is 17.2. The quantitative estimate of drug-likeness (QED) is 0.142. The molecule has 0 aromatic heterocycles. The molecular formula is C37H47ClN6O4Si. The SMILES string of the molecule is COc1ccc2c(c1)C(c1ccc(Cl)cc1)=NC(CC(=O)NCCNC(=O)c1ccccc1C[Si](C)(C)O)C1NNC(C)(C3CCCC3)N21. The highest BCUT2D eigenvalue weighted by Gasteiger charge is 2.52. The average Bonchev–Trinajstić information content (AvgIpc) is 3.71. The lowest BCUT2D eigenvalue weighted by Crippen LogP contribution is -2.57. The molecule has 3 aliphatic rings. The molecule has 49 heavy (non-hydrogen) atoms. The van der Waals surface area contributed by atoms with Crippen LogP contribution in [0, 0.1) is 5.92 Å². The molecule has 2 fully saturated rings. The number of hydrogen-bond acceptors (Lipinski definition) is 8. The van der Waals surface area contributed by atoms with E-state index in [0.717, 1.165) is 46.7 Å². The molecule has 2 amide bonds. The minimum Gasteiger partial charge on any atom is -0.497 e. The number of nitrogens with one attached hydrogen (secondary N) is 4. The fourth-order valence-corrected chi connectivity index (χ4v) is 8.90. The third-order valence-corrected chi connectivity index (χ3v) is 11.4. The van der Waals surface area contributed by atoms with E-state index in [4.69, 9.17) is 21.3 Å². The molecule has 0 spiro atoms. The predicted molar refractivity (Wildman–Crippen MR) is 197 cm³/mol. The minimum absolute atomic E-state index is 0.131. The zero-order valence-corrected chi connectivity index (χ0v) is 30.4. The van der Waals surface area contributed by atoms with Gasteiger partial charge < -0.3 is 25.1 Å². The molecule has 3 atom stereocenters. The molecule has 3 aromatic carbocycles. The van der Waals surface area contributed by atoms with Crippen molar-refractivity contribution in [1.82, 2.24) is 21.5 Å². The molecule has 12 heteroatoms. The van der Waals surface area contributed by atoms with Crippen LogP contribution in [0.25, 0.3) is 0 Å². The molecule has 3 aromatic rings. The van der Waals surface area contributed by atoms with Gasteiger partial charge in [-0.15, -0.1) is 0 Å². The highest BCUT2D eigenvalue weighted by atomic mass is 35.5. The van der Waals surface area contributed by atoms with Gasteiger partial charge in [0.1, 0.15) is 17.6 Å². The van der Waals surface area contributed by atoms with Crippen LogP contribution in [0.4, 0.5) is 5.69 Å². The summed E-state index contributed by atoms with van der Waals surface area (Å²) in [6, 6.07) is 21.1. The Kier molecular flexibility index (Phi) is 10.5. The molecular weight excluding hydrogens is 656 g/mol. The normalized spacial score (nSPS) is 22.2. The number of hydrogen-bond donors (Lipinski definition) is 5. The first-order chi connectivity index (χ1) is 23.5. The number of ether oxygens (including phenoxy) is 1. The van der Waals surface area contributed by atoms with Crippen LogP contribution in [0.1, 0.15) is 66.1 Å². The van der Waals surface area contributed by atoms with Crippen molar-refractivity contribution < 1.29 is 19.1 Å². The Morgan fingerprint density at radius 3 is 2.49 bits per heavy atom. The first kappa shape index (κ1) is 35.1. The van der Waals surface area contributed by atoms with E-state index >= 15 is 0 Å². The Labute approximate surface area is 294 Å². The largest absolute Gasteiger partial charge is 0.497 e. The van der Waals surface area contributed by atoms with Crippen LogP contribution in [0.15, 0.2) is 71.7 Å². The standard InChI is InChI=1S/C37H47ClN6O4Si/c1-37(26-10-6-7-11-26)43-42-35-31(22-33(45)39-19-20-40-36(46)29-12-8-5-9-25(29)23-49(3,4)47)41-34(24-13-15-27(38)16-14-24)30-21-28(48-2)17-18-32(30)44(35)37/h5,8-9,12-18,21,26,31,35,42-43,47H,6-7,10-11,19-20,22-23H2,1-4H3,(H,39,45)(H,40,46). The molecule has 5 N–H and O–H groups in total. The summed E-state index contributed by atoms with van der Waals surface area (Å²) in [6.45, 7) is 6.50. The lowest BCUT2D eigenvalue weighted by molar-refractivity contribution is -0.121. The van der Waals surface area contributed by atoms with E-state index in [1.54, 1.807) is 13.2 Å². The van der Waals surface area contributed by atoms with Gasteiger partial charge in [-0.25, -0.2) is 10.9 Å². The first-order valence-corrected chi connectivity index (χ1v) is 20.7. The molecule has 1 aliphatic carbocycles. The van der Waals surface area contributed by atoms with Crippen LogP contribution in [0.3, 0.4) is 0 Å². The number of rotatable bonds is 11. The maximum absolute atomic E-state index is 13.6. The van der Waals surface area contributed by atoms with Crippen LogP contribution in [-0.2, 0) is 10.8 Å². The second-order valence-corrected chi connectivity index (χ2v) is 18.5. The average molecular weight is 703 g/mol. The number of nitrogens with zero attached hydrogens (tertiary/aromatic N) is 2. The van der Waals surface area contributed by atoms with Gasteiger partial charge in [-0.2, -0.15) is 0 Å². The number of carbonyl (C=O) groups is 2. The molecule has 0 radical (unpaired) electrons. The molecule has 10 nitrogen and oxygen atoms in total. The lowest BCUT2D eigenvalue weighted by Gasteiger charge is -2.43. The number of hydrazine groups is 1. The van der Waals surface area contributed by atoms with Gasteiger partial charge in [-0.1, -0.05) is 54.8 Å². The summed E-state index contributed by atoms with van der Waals surface area (Å²) in [5.74, 6) is 0.751. The van der Waals surface area contributed by atoms with Crippen LogP contribution < -0.4 is 31.1 Å². The van der Waals surface area contributed by atoms with Crippen molar-refractivity contribution in [3.05, 3.63) is 94.0 Å². The summed E-state index contributed by atoms with van der Waals surface area (Å²) >= 11 is 6.29. The topological polar surface area (TPSA) is 127 Å². The Hall–Kier alpha value is -3.74. The van der Waals surface area contributed by atoms with Crippen LogP contribution in [-0.4, -0.2) is 68.7 Å². The van der Waals surface area contributed by atoms with Crippen molar-refractivity contribution in [3.8, 4) is 5.75 Å². The van der Waals surface area contributed by atoms with Gasteiger partial charge in [0.2, 0.25) is 5.91 Å². The van der Waals surface area contributed by atoms with Gasteiger partial charge in [-0.05, 0) is 86.8 Å². The molecule has 2 aliphatic heterocycles. The summed E-state index contributed by atoms with van der Waals surface area (Å²) in [5, 5.41) is 6.57. The number of amides is 2. The number of methoxy groups -OCH3 is 1. The summed E-state index contributed by atoms with van der Waals surface area (Å²) < 4.78 is 5.68. The Bertz CT molecular complexity index is 1710. The Morgan fingerprint density at radius 1 is 1.06 bits per heavy atom. The van der Waals surface area contributed by atoms with Crippen LogP contribution >= 0.6 is 11.6 Å². The van der Waals surface area contributed by atoms with E-state index in [-0.39, 0.29) is 37.5 Å². The van der Waals surface area contributed by atoms with E-state index in [0.29, 0.717) is 22.5 Å². The summed E-state index contributed by atoms with van der Waals surface area (Å²) in [4.78, 5) is 44.8. The van der Waals surface area contributed by atoms with Gasteiger partial charge in [0, 0.05) is 40.5 Å². The number of benzene rings is 3. The Morgan fingerprint density at radius 2 is 1.78 bits per heavy atom. The number of carbonyl (C=O) groups excluding carboxylic acids is 2. The van der Waals surface area contributed by atoms with Crippen molar-refractivity contribution in [2.24, 2.45) is 10.9 Å². The van der Waals surface area contributed by atoms with E-state index in [1.807, 2.05) is 67.7 Å². The van der Waals surface area contributed by atoms with Crippen molar-refractivity contribution >= 4 is 43.1 Å². The number of halogens is 1. The second-order valence-electron chi connectivity index (χ2n) is 14.1. The van der Waals surface area contributed by atoms with Crippen molar-refractivity contribution in [1.29, 1.82) is 0 Å². The van der Waals surface area contributed by atoms with E-state index < -0.39 is 20.0 Å². The molecule has 6 rings (SSSR count). The van der Waals surface area contributed by atoms with Crippen molar-refractivity contribution in [2.45, 2.75) is 76.0 Å². The van der Waals surface area contributed by atoms with E-state index in [9.17, 15) is 14.4 Å². The minimum atomic E-state index is -2.41. The lowest BCUT2D eigenvalue weighted by atomic mass is 9.89. The fraction of sp³-hybridized carbons (Fsp3) is 0.432.